The molecule has 0 aromatic carbocycles. The summed E-state index contributed by atoms with van der Waals surface area (Å²) < 4.78 is 11.1. The maximum absolute atomic E-state index is 11.8. The summed E-state index contributed by atoms with van der Waals surface area (Å²) in [5.41, 5.74) is 4.74. The number of hydrogen-bond donors (Lipinski definition) is 3. The third-order valence-electron chi connectivity index (χ3n) is 2.75. The molecule has 0 spiro atoms. The summed E-state index contributed by atoms with van der Waals surface area (Å²) in [5, 5.41) is 11.8. The molecule has 1 aromatic heterocycles. The molecule has 2 rings (SSSR count). The summed E-state index contributed by atoms with van der Waals surface area (Å²) in [7, 11) is 0. The first-order chi connectivity index (χ1) is 9.26. The first-order valence-corrected chi connectivity index (χ1v) is 8.25. The van der Waals surface area contributed by atoms with Gasteiger partial charge in [-0.15, -0.1) is 0 Å². The van der Waals surface area contributed by atoms with Crippen molar-refractivity contribution in [2.45, 2.75) is 24.9 Å². The van der Waals surface area contributed by atoms with Gasteiger partial charge in [-0.25, -0.2) is 4.79 Å². The van der Waals surface area contributed by atoms with Crippen molar-refractivity contribution >= 4 is 24.3 Å². The molecule has 2 heterocycles. The van der Waals surface area contributed by atoms with Crippen molar-refractivity contribution in [1.29, 1.82) is 0 Å². The maximum Gasteiger partial charge on any atom is 1.00 e. The van der Waals surface area contributed by atoms with Gasteiger partial charge < -0.3 is 29.9 Å². The minimum Gasteiger partial charge on any atom is -0.850 e. The number of ether oxygens (including phenoxy) is 1. The SMILES string of the molecule is Nc1ccn([C@H]2C[C@H]([O-])[C@@H](COP(O)(O)=S)O2)c(=O)n1.[Na+]. The first kappa shape index (κ1) is 19.2. The summed E-state index contributed by atoms with van der Waals surface area (Å²) in [6.45, 7) is -4.18. The van der Waals surface area contributed by atoms with Gasteiger partial charge in [-0.05, 0) is 24.3 Å². The number of rotatable bonds is 4. The fraction of sp³-hybridized carbons (Fsp3) is 0.556. The molecule has 0 unspecified atom stereocenters. The standard InChI is InChI=1S/C9H13N3O6PS.Na/c10-7-1-2-12(9(14)11-7)8-3-5(13)6(18-8)4-17-19(15,16)20;/h1-2,5-6,8H,3-4H2,(H2,10,11,14)(H2,15,16,20);/q-1;+1/t5-,6+,8+;/m0./s1. The van der Waals surface area contributed by atoms with E-state index in [4.69, 9.17) is 20.3 Å². The smallest absolute Gasteiger partial charge is 0.850 e. The average molecular weight is 345 g/mol. The Balaban J connectivity index is 0.00000220. The number of hydrogen-bond acceptors (Lipinski definition) is 7. The Morgan fingerprint density at radius 1 is 1.67 bits per heavy atom. The zero-order valence-electron chi connectivity index (χ0n) is 11.2. The Hall–Kier alpha value is 0.130. The summed E-state index contributed by atoms with van der Waals surface area (Å²) >= 11 is 4.28. The van der Waals surface area contributed by atoms with Gasteiger partial charge in [0.2, 0.25) is 0 Å². The molecule has 0 radical (unpaired) electrons. The van der Waals surface area contributed by atoms with E-state index in [0.29, 0.717) is 0 Å². The number of nitrogens with two attached hydrogens (primary N) is 1. The van der Waals surface area contributed by atoms with Gasteiger partial charge in [-0.3, -0.25) is 4.57 Å². The molecule has 21 heavy (non-hydrogen) atoms. The molecule has 0 bridgehead atoms. The van der Waals surface area contributed by atoms with Crippen LogP contribution in [0.1, 0.15) is 12.6 Å². The molecule has 0 saturated carbocycles. The van der Waals surface area contributed by atoms with Crippen LogP contribution in [-0.4, -0.2) is 38.2 Å². The largest absolute Gasteiger partial charge is 1.00 e. The predicted octanol–water partition coefficient (Wildman–Crippen LogP) is -4.93. The quantitative estimate of drug-likeness (QED) is 0.361. The second-order valence-electron chi connectivity index (χ2n) is 4.23. The Labute approximate surface area is 147 Å². The molecular formula is C9H13N3NaO6PS. The van der Waals surface area contributed by atoms with Gasteiger partial charge in [0, 0.05) is 6.20 Å². The molecule has 1 aliphatic rings. The van der Waals surface area contributed by atoms with E-state index in [9.17, 15) is 9.90 Å². The summed E-state index contributed by atoms with van der Waals surface area (Å²) in [4.78, 5) is 33.0. The summed E-state index contributed by atoms with van der Waals surface area (Å²) in [6.07, 6.45) is -1.48. The van der Waals surface area contributed by atoms with Crippen molar-refractivity contribution in [1.82, 2.24) is 9.55 Å². The Kier molecular flexibility index (Phi) is 6.94. The van der Waals surface area contributed by atoms with Crippen LogP contribution < -0.4 is 46.1 Å². The van der Waals surface area contributed by atoms with E-state index in [1.807, 2.05) is 0 Å². The zero-order valence-corrected chi connectivity index (χ0v) is 14.9. The number of aromatic nitrogens is 2. The molecule has 4 N–H and O–H groups in total. The molecule has 3 atom stereocenters. The van der Waals surface area contributed by atoms with Crippen molar-refractivity contribution in [3.63, 3.8) is 0 Å². The van der Waals surface area contributed by atoms with E-state index in [0.717, 1.165) is 4.57 Å². The summed E-state index contributed by atoms with van der Waals surface area (Å²) in [6, 6.07) is 1.41. The number of anilines is 1. The topological polar surface area (TPSA) is 143 Å². The van der Waals surface area contributed by atoms with Crippen LogP contribution in [0.5, 0.6) is 0 Å². The van der Waals surface area contributed by atoms with E-state index in [2.05, 4.69) is 21.3 Å². The monoisotopic (exact) mass is 345 g/mol. The molecule has 1 aliphatic heterocycles. The second-order valence-corrected chi connectivity index (χ2v) is 6.90. The van der Waals surface area contributed by atoms with E-state index < -0.39 is 30.8 Å². The fourth-order valence-corrected chi connectivity index (χ4v) is 2.36. The van der Waals surface area contributed by atoms with Crippen LogP contribution in [0.25, 0.3) is 0 Å². The van der Waals surface area contributed by atoms with Gasteiger partial charge in [0.1, 0.15) is 12.0 Å². The van der Waals surface area contributed by atoms with Crippen molar-refractivity contribution < 1.29 is 53.7 Å². The van der Waals surface area contributed by atoms with Gasteiger partial charge in [-0.2, -0.15) is 4.98 Å². The normalized spacial score (nSPS) is 25.6. The fourth-order valence-electron chi connectivity index (χ4n) is 1.84. The van der Waals surface area contributed by atoms with Crippen LogP contribution in [0.2, 0.25) is 0 Å². The molecule has 0 aliphatic carbocycles. The van der Waals surface area contributed by atoms with Crippen molar-refractivity contribution in [2.24, 2.45) is 0 Å². The minimum atomic E-state index is -3.84. The maximum atomic E-state index is 11.8. The Morgan fingerprint density at radius 3 is 2.90 bits per heavy atom. The first-order valence-electron chi connectivity index (χ1n) is 5.62. The van der Waals surface area contributed by atoms with E-state index in [1.54, 1.807) is 0 Å². The van der Waals surface area contributed by atoms with Gasteiger partial charge in [-0.1, -0.05) is 6.10 Å². The van der Waals surface area contributed by atoms with Gasteiger partial charge >= 0.3 is 42.0 Å². The van der Waals surface area contributed by atoms with Crippen molar-refractivity contribution in [2.75, 3.05) is 12.3 Å². The molecule has 0 amide bonds. The Bertz CT molecular complexity index is 595. The number of nitrogens with zero attached hydrogens (tertiary/aromatic N) is 2. The van der Waals surface area contributed by atoms with Crippen LogP contribution in [0.3, 0.4) is 0 Å². The average Bonchev–Trinajstić information content (AvgIpc) is 2.67. The second kappa shape index (κ2) is 7.60. The van der Waals surface area contributed by atoms with E-state index in [-0.39, 0.29) is 48.4 Å². The van der Waals surface area contributed by atoms with Crippen LogP contribution in [0.4, 0.5) is 5.82 Å². The molecule has 12 heteroatoms. The Morgan fingerprint density at radius 2 is 2.33 bits per heavy atom. The van der Waals surface area contributed by atoms with Gasteiger partial charge in [0.25, 0.3) is 0 Å². The molecular weight excluding hydrogens is 332 g/mol. The van der Waals surface area contributed by atoms with Gasteiger partial charge in [0.15, 0.2) is 0 Å². The van der Waals surface area contributed by atoms with Crippen molar-refractivity contribution in [3.05, 3.63) is 22.7 Å². The third-order valence-corrected chi connectivity index (χ3v) is 3.55. The van der Waals surface area contributed by atoms with Crippen LogP contribution in [0.15, 0.2) is 17.1 Å². The minimum absolute atomic E-state index is 0. The molecule has 112 valence electrons. The van der Waals surface area contributed by atoms with Gasteiger partial charge in [0.05, 0.1) is 12.7 Å². The van der Waals surface area contributed by atoms with Crippen LogP contribution in [-0.2, 0) is 21.1 Å². The van der Waals surface area contributed by atoms with E-state index >= 15 is 0 Å². The van der Waals surface area contributed by atoms with E-state index in [1.165, 1.54) is 12.3 Å². The molecule has 9 nitrogen and oxygen atoms in total. The van der Waals surface area contributed by atoms with Crippen LogP contribution >= 0.6 is 6.72 Å². The zero-order chi connectivity index (χ0) is 14.9. The molecule has 1 aromatic rings. The molecule has 1 saturated heterocycles. The number of nitrogen functional groups attached to an aromatic ring is 1. The molecule has 1 fully saturated rings. The van der Waals surface area contributed by atoms with Crippen molar-refractivity contribution in [3.8, 4) is 0 Å². The van der Waals surface area contributed by atoms with Crippen LogP contribution in [0, 0.1) is 0 Å². The third kappa shape index (κ3) is 5.36. The summed E-state index contributed by atoms with van der Waals surface area (Å²) in [5.74, 6) is 0.0732. The predicted molar refractivity (Wildman–Crippen MR) is 69.9 cm³/mol.